The summed E-state index contributed by atoms with van der Waals surface area (Å²) in [7, 11) is 0. The molecule has 0 amide bonds. The summed E-state index contributed by atoms with van der Waals surface area (Å²) < 4.78 is 5.12. The van der Waals surface area contributed by atoms with Gasteiger partial charge in [0.05, 0.1) is 11.0 Å². The fourth-order valence-electron chi connectivity index (χ4n) is 6.18. The first-order chi connectivity index (χ1) is 18.3. The Morgan fingerprint density at radius 2 is 1.16 bits per heavy atom. The van der Waals surface area contributed by atoms with Gasteiger partial charge in [0.1, 0.15) is 0 Å². The summed E-state index contributed by atoms with van der Waals surface area (Å²) in [5.41, 5.74) is 6.04. The molecule has 9 aromatic rings. The van der Waals surface area contributed by atoms with E-state index in [4.69, 9.17) is 0 Å². The van der Waals surface area contributed by atoms with Gasteiger partial charge in [-0.25, -0.2) is 0 Å². The summed E-state index contributed by atoms with van der Waals surface area (Å²) in [5.74, 6) is 0. The highest BCUT2D eigenvalue weighted by atomic mass is 32.1. The lowest BCUT2D eigenvalue weighted by atomic mass is 10.1. The third-order valence-electron chi connectivity index (χ3n) is 7.88. The van der Waals surface area contributed by atoms with E-state index >= 15 is 0 Å². The number of benzene rings is 6. The van der Waals surface area contributed by atoms with Crippen molar-refractivity contribution >= 4 is 85.9 Å². The van der Waals surface area contributed by atoms with E-state index in [9.17, 15) is 0 Å². The van der Waals surface area contributed by atoms with E-state index in [1.54, 1.807) is 0 Å². The number of aromatic amines is 1. The van der Waals surface area contributed by atoms with Crippen molar-refractivity contribution in [1.29, 1.82) is 0 Å². The number of fused-ring (bicyclic) bond motifs is 10. The monoisotopic (exact) mass is 488 g/mol. The Hall–Kier alpha value is -4.60. The van der Waals surface area contributed by atoms with Crippen molar-refractivity contribution < 1.29 is 0 Å². The van der Waals surface area contributed by atoms with Crippen LogP contribution < -0.4 is 0 Å². The van der Waals surface area contributed by atoms with E-state index in [1.165, 1.54) is 80.2 Å². The molecule has 0 atom stereocenters. The molecule has 0 bridgehead atoms. The van der Waals surface area contributed by atoms with Crippen LogP contribution in [-0.4, -0.2) is 9.55 Å². The van der Waals surface area contributed by atoms with E-state index in [0.717, 1.165) is 0 Å². The van der Waals surface area contributed by atoms with Crippen molar-refractivity contribution in [3.63, 3.8) is 0 Å². The molecular weight excluding hydrogens is 468 g/mol. The third-order valence-corrected chi connectivity index (χ3v) is 9.01. The molecule has 9 rings (SSSR count). The summed E-state index contributed by atoms with van der Waals surface area (Å²) in [5, 5.41) is 10.3. The molecule has 0 aliphatic carbocycles. The van der Waals surface area contributed by atoms with Crippen LogP contribution in [0.3, 0.4) is 0 Å². The normalized spacial score (nSPS) is 12.3. The van der Waals surface area contributed by atoms with Crippen LogP contribution in [0.15, 0.2) is 115 Å². The first kappa shape index (κ1) is 19.6. The van der Waals surface area contributed by atoms with E-state index in [2.05, 4.69) is 125 Å². The Bertz CT molecular complexity index is 2360. The lowest BCUT2D eigenvalue weighted by Gasteiger charge is -2.09. The highest BCUT2D eigenvalue weighted by molar-refractivity contribution is 7.25. The van der Waals surface area contributed by atoms with Gasteiger partial charge in [-0.15, -0.1) is 11.3 Å². The van der Waals surface area contributed by atoms with Gasteiger partial charge < -0.3 is 9.55 Å². The molecule has 172 valence electrons. The molecule has 2 nitrogen and oxygen atoms in total. The van der Waals surface area contributed by atoms with E-state index in [1.807, 2.05) is 11.3 Å². The number of H-pyrrole nitrogens is 1. The molecule has 0 spiro atoms. The number of aromatic nitrogens is 2. The molecule has 0 unspecified atom stereocenters. The molecule has 0 saturated carbocycles. The predicted octanol–water partition coefficient (Wildman–Crippen LogP) is 9.94. The number of hydrogen-bond acceptors (Lipinski definition) is 1. The van der Waals surface area contributed by atoms with Crippen LogP contribution in [0.5, 0.6) is 0 Å². The fraction of sp³-hybridized carbons (Fsp3) is 0. The quantitative estimate of drug-likeness (QED) is 0.237. The highest BCUT2D eigenvalue weighted by Gasteiger charge is 2.17. The average Bonchev–Trinajstić information content (AvgIpc) is 3.59. The number of rotatable bonds is 1. The van der Waals surface area contributed by atoms with Gasteiger partial charge in [-0.2, -0.15) is 0 Å². The average molecular weight is 489 g/mol. The zero-order chi connectivity index (χ0) is 24.1. The number of hydrogen-bond donors (Lipinski definition) is 1. The van der Waals surface area contributed by atoms with Crippen LogP contribution in [0.25, 0.3) is 80.2 Å². The maximum absolute atomic E-state index is 3.65. The Labute approximate surface area is 216 Å². The van der Waals surface area contributed by atoms with E-state index in [0.29, 0.717) is 0 Å². The molecule has 0 fully saturated rings. The minimum atomic E-state index is 1.18. The zero-order valence-electron chi connectivity index (χ0n) is 19.8. The molecule has 6 aromatic carbocycles. The third kappa shape index (κ3) is 2.64. The second kappa shape index (κ2) is 7.00. The van der Waals surface area contributed by atoms with Gasteiger partial charge in [0.25, 0.3) is 0 Å². The van der Waals surface area contributed by atoms with Crippen LogP contribution >= 0.6 is 11.3 Å². The van der Waals surface area contributed by atoms with Gasteiger partial charge in [0.2, 0.25) is 0 Å². The SMILES string of the molecule is c1ccc2cc3c(cc2c1)c1cc2[nH]c4ccccc4c2cc1n3-c1ccc2c(c1)sc1ccccc12. The van der Waals surface area contributed by atoms with Crippen molar-refractivity contribution in [2.45, 2.75) is 0 Å². The maximum Gasteiger partial charge on any atom is 0.0548 e. The summed E-state index contributed by atoms with van der Waals surface area (Å²) in [6.07, 6.45) is 0. The first-order valence-electron chi connectivity index (χ1n) is 12.6. The Morgan fingerprint density at radius 1 is 0.459 bits per heavy atom. The van der Waals surface area contributed by atoms with E-state index < -0.39 is 0 Å². The summed E-state index contributed by atoms with van der Waals surface area (Å²) in [6.45, 7) is 0. The summed E-state index contributed by atoms with van der Waals surface area (Å²) >= 11 is 1.87. The van der Waals surface area contributed by atoms with E-state index in [-0.39, 0.29) is 0 Å². The smallest absolute Gasteiger partial charge is 0.0548 e. The Kier molecular flexibility index (Phi) is 3.70. The topological polar surface area (TPSA) is 20.7 Å². The standard InChI is InChI=1S/C34H20N2S/c1-2-8-21-16-31-27(15-20(21)7-1)28-18-30-26(23-9-3-5-11-29(23)35-30)19-32(28)36(31)22-13-14-25-24-10-4-6-12-33(24)37-34(25)17-22/h1-19,35H. The highest BCUT2D eigenvalue weighted by Crippen LogP contribution is 2.40. The van der Waals surface area contributed by atoms with Crippen LogP contribution in [0.4, 0.5) is 0 Å². The second-order valence-electron chi connectivity index (χ2n) is 9.92. The summed E-state index contributed by atoms with van der Waals surface area (Å²) in [6, 6.07) is 42.4. The molecule has 0 radical (unpaired) electrons. The van der Waals surface area contributed by atoms with Gasteiger partial charge in [0.15, 0.2) is 0 Å². The van der Waals surface area contributed by atoms with Crippen molar-refractivity contribution in [3.05, 3.63) is 115 Å². The number of thiophene rings is 1. The van der Waals surface area contributed by atoms with Gasteiger partial charge in [-0.05, 0) is 59.3 Å². The molecule has 3 heterocycles. The predicted molar refractivity (Wildman–Crippen MR) is 161 cm³/mol. The number of nitrogens with one attached hydrogen (secondary N) is 1. The largest absolute Gasteiger partial charge is 0.354 e. The van der Waals surface area contributed by atoms with Gasteiger partial charge >= 0.3 is 0 Å². The van der Waals surface area contributed by atoms with Crippen molar-refractivity contribution in [2.24, 2.45) is 0 Å². The van der Waals surface area contributed by atoms with Crippen molar-refractivity contribution in [1.82, 2.24) is 9.55 Å². The minimum absolute atomic E-state index is 1.18. The lowest BCUT2D eigenvalue weighted by Crippen LogP contribution is -1.93. The van der Waals surface area contributed by atoms with Crippen LogP contribution in [0, 0.1) is 0 Å². The first-order valence-corrected chi connectivity index (χ1v) is 13.4. The maximum atomic E-state index is 3.65. The molecule has 0 aliphatic rings. The van der Waals surface area contributed by atoms with Gasteiger partial charge in [-0.3, -0.25) is 0 Å². The fourth-order valence-corrected chi connectivity index (χ4v) is 7.32. The minimum Gasteiger partial charge on any atom is -0.354 e. The second-order valence-corrected chi connectivity index (χ2v) is 11.0. The molecule has 0 saturated heterocycles. The molecular formula is C34H20N2S. The van der Waals surface area contributed by atoms with Gasteiger partial charge in [-0.1, -0.05) is 66.7 Å². The van der Waals surface area contributed by atoms with Crippen LogP contribution in [0.2, 0.25) is 0 Å². The number of nitrogens with zero attached hydrogens (tertiary/aromatic N) is 1. The molecule has 3 aromatic heterocycles. The molecule has 1 N–H and O–H groups in total. The number of para-hydroxylation sites is 1. The molecule has 0 aliphatic heterocycles. The molecule has 3 heteroatoms. The van der Waals surface area contributed by atoms with Crippen molar-refractivity contribution in [2.75, 3.05) is 0 Å². The summed E-state index contributed by atoms with van der Waals surface area (Å²) in [4.78, 5) is 3.65. The lowest BCUT2D eigenvalue weighted by molar-refractivity contribution is 1.19. The Morgan fingerprint density at radius 3 is 2.08 bits per heavy atom. The van der Waals surface area contributed by atoms with Crippen LogP contribution in [-0.2, 0) is 0 Å². The zero-order valence-corrected chi connectivity index (χ0v) is 20.6. The Balaban J connectivity index is 1.45. The van der Waals surface area contributed by atoms with Crippen LogP contribution in [0.1, 0.15) is 0 Å². The van der Waals surface area contributed by atoms with Gasteiger partial charge in [0, 0.05) is 58.4 Å². The molecule has 37 heavy (non-hydrogen) atoms. The van der Waals surface area contributed by atoms with Crippen molar-refractivity contribution in [3.8, 4) is 5.69 Å².